The second kappa shape index (κ2) is 15.5. The van der Waals surface area contributed by atoms with Crippen LogP contribution in [0.1, 0.15) is 40.4 Å². The molecular formula is C33H41N5O8S. The van der Waals surface area contributed by atoms with Crippen LogP contribution in [0.25, 0.3) is 0 Å². The van der Waals surface area contributed by atoms with Crippen molar-refractivity contribution >= 4 is 27.8 Å². The Kier molecular flexibility index (Phi) is 11.7. The molecule has 2 aromatic carbocycles. The van der Waals surface area contributed by atoms with Crippen molar-refractivity contribution in [1.29, 1.82) is 0 Å². The Balaban J connectivity index is 1.39. The fourth-order valence-corrected chi connectivity index (χ4v) is 7.52. The largest absolute Gasteiger partial charge is 0.497 e. The van der Waals surface area contributed by atoms with E-state index in [-0.39, 0.29) is 23.8 Å². The van der Waals surface area contributed by atoms with E-state index in [9.17, 15) is 27.9 Å². The Hall–Kier alpha value is -4.37. The number of benzene rings is 2. The van der Waals surface area contributed by atoms with Crippen molar-refractivity contribution in [3.63, 3.8) is 0 Å². The summed E-state index contributed by atoms with van der Waals surface area (Å²) in [5, 5.41) is 12.1. The lowest BCUT2D eigenvalue weighted by Gasteiger charge is -2.29. The first kappa shape index (κ1) is 35.5. The summed E-state index contributed by atoms with van der Waals surface area (Å²) < 4.78 is 39.5. The first-order valence-electron chi connectivity index (χ1n) is 15.1. The number of nitrogens with two attached hydrogens (primary N) is 1. The van der Waals surface area contributed by atoms with Gasteiger partial charge in [0.15, 0.2) is 0 Å². The number of carboxylic acids is 1. The molecule has 14 heteroatoms. The van der Waals surface area contributed by atoms with Gasteiger partial charge in [-0.05, 0) is 68.1 Å². The quantitative estimate of drug-likeness (QED) is 0.197. The van der Waals surface area contributed by atoms with Crippen LogP contribution < -0.4 is 20.5 Å². The van der Waals surface area contributed by atoms with Crippen molar-refractivity contribution < 1.29 is 37.4 Å². The summed E-state index contributed by atoms with van der Waals surface area (Å²) in [5.74, 6) is -1.65. The number of ether oxygens (including phenoxy) is 2. The maximum absolute atomic E-state index is 13.5. The lowest BCUT2D eigenvalue weighted by molar-refractivity contribution is -0.139. The van der Waals surface area contributed by atoms with Crippen LogP contribution in [-0.4, -0.2) is 86.2 Å². The number of aromatic nitrogens is 1. The third-order valence-electron chi connectivity index (χ3n) is 7.98. The number of sulfonamides is 1. The van der Waals surface area contributed by atoms with Gasteiger partial charge < -0.3 is 30.5 Å². The molecule has 1 aromatic heterocycles. The molecule has 0 aliphatic carbocycles. The predicted octanol–water partition coefficient (Wildman–Crippen LogP) is 1.79. The zero-order chi connectivity index (χ0) is 34.3. The number of methoxy groups -OCH3 is 1. The number of aryl methyl sites for hydroxylation is 3. The molecule has 252 valence electrons. The van der Waals surface area contributed by atoms with E-state index >= 15 is 0 Å². The number of hydrogen-bond donors (Lipinski definition) is 4. The minimum absolute atomic E-state index is 0.00536. The van der Waals surface area contributed by atoms with Gasteiger partial charge in [-0.3, -0.25) is 19.4 Å². The number of likely N-dealkylation sites (tertiary alicyclic amines) is 1. The van der Waals surface area contributed by atoms with E-state index in [1.54, 1.807) is 74.5 Å². The molecule has 4 unspecified atom stereocenters. The molecule has 0 spiro atoms. The zero-order valence-electron chi connectivity index (χ0n) is 26.8. The van der Waals surface area contributed by atoms with Gasteiger partial charge in [-0.1, -0.05) is 35.9 Å². The van der Waals surface area contributed by atoms with Crippen molar-refractivity contribution in [2.75, 3.05) is 26.8 Å². The summed E-state index contributed by atoms with van der Waals surface area (Å²) in [4.78, 5) is 44.2. The number of rotatable bonds is 14. The molecule has 3 aromatic rings. The second-order valence-electron chi connectivity index (χ2n) is 11.6. The molecule has 2 heterocycles. The molecule has 1 aliphatic rings. The highest BCUT2D eigenvalue weighted by molar-refractivity contribution is 7.89. The Morgan fingerprint density at radius 2 is 1.81 bits per heavy atom. The summed E-state index contributed by atoms with van der Waals surface area (Å²) >= 11 is 0. The van der Waals surface area contributed by atoms with Gasteiger partial charge in [0, 0.05) is 19.3 Å². The molecule has 0 radical (unpaired) electrons. The van der Waals surface area contributed by atoms with Gasteiger partial charge in [-0.15, -0.1) is 0 Å². The fourth-order valence-electron chi connectivity index (χ4n) is 5.88. The van der Waals surface area contributed by atoms with Crippen LogP contribution in [0.15, 0.2) is 65.7 Å². The van der Waals surface area contributed by atoms with Crippen LogP contribution >= 0.6 is 0 Å². The number of nitrogens with zero attached hydrogens (tertiary/aromatic N) is 2. The summed E-state index contributed by atoms with van der Waals surface area (Å²) in [6.07, 6.45) is 1.51. The van der Waals surface area contributed by atoms with Crippen LogP contribution in [0.5, 0.6) is 5.75 Å². The van der Waals surface area contributed by atoms with E-state index in [4.69, 9.17) is 15.2 Å². The molecule has 47 heavy (non-hydrogen) atoms. The van der Waals surface area contributed by atoms with Gasteiger partial charge in [-0.25, -0.2) is 8.42 Å². The summed E-state index contributed by atoms with van der Waals surface area (Å²) in [6, 6.07) is 13.3. The first-order chi connectivity index (χ1) is 22.3. The number of carbonyl (C=O) groups is 3. The van der Waals surface area contributed by atoms with Crippen LogP contribution in [0.4, 0.5) is 0 Å². The Morgan fingerprint density at radius 3 is 2.45 bits per heavy atom. The number of hydrogen-bond acceptors (Lipinski definition) is 9. The number of aliphatic carboxylic acids is 1. The monoisotopic (exact) mass is 667 g/mol. The predicted molar refractivity (Wildman–Crippen MR) is 173 cm³/mol. The lowest BCUT2D eigenvalue weighted by atomic mass is 10.0. The number of carbonyl (C=O) groups excluding carboxylic acids is 2. The van der Waals surface area contributed by atoms with Gasteiger partial charge in [0.05, 0.1) is 42.3 Å². The van der Waals surface area contributed by atoms with E-state index in [1.165, 1.54) is 0 Å². The van der Waals surface area contributed by atoms with Gasteiger partial charge >= 0.3 is 5.97 Å². The molecule has 5 N–H and O–H groups in total. The molecule has 1 fully saturated rings. The van der Waals surface area contributed by atoms with Crippen LogP contribution in [0.3, 0.4) is 0 Å². The maximum Gasteiger partial charge on any atom is 0.323 e. The summed E-state index contributed by atoms with van der Waals surface area (Å²) in [6.45, 7) is 4.32. The standard InChI is InChI=1S/C33H41N5O8S/c1-20-12-21(2)32(22(3)13-20)47(43,44)37-27(33(41)42)17-36-29(39)19-46-25-16-28(31(34)26-10-5-6-11-35-26)38(18-25)30(40)15-23-8-7-9-24(14-23)45-4/h5-14,25,27-28,31,37H,15-19,34H2,1-4H3,(H,36,39)(H,41,42). The van der Waals surface area contributed by atoms with Crippen LogP contribution in [-0.2, 0) is 35.6 Å². The average Bonchev–Trinajstić information content (AvgIpc) is 3.46. The highest BCUT2D eigenvalue weighted by Gasteiger charge is 2.40. The average molecular weight is 668 g/mol. The van der Waals surface area contributed by atoms with E-state index in [2.05, 4.69) is 15.0 Å². The highest BCUT2D eigenvalue weighted by atomic mass is 32.2. The van der Waals surface area contributed by atoms with Crippen molar-refractivity contribution in [2.45, 2.75) is 62.7 Å². The molecule has 4 rings (SSSR count). The van der Waals surface area contributed by atoms with Crippen molar-refractivity contribution in [2.24, 2.45) is 5.73 Å². The normalized spacial score (nSPS) is 17.6. The molecule has 1 saturated heterocycles. The molecule has 0 bridgehead atoms. The van der Waals surface area contributed by atoms with Crippen molar-refractivity contribution in [3.05, 3.63) is 88.7 Å². The Labute approximate surface area is 274 Å². The van der Waals surface area contributed by atoms with Crippen LogP contribution in [0.2, 0.25) is 0 Å². The fraction of sp³-hybridized carbons (Fsp3) is 0.394. The smallest absolute Gasteiger partial charge is 0.323 e. The number of nitrogens with one attached hydrogen (secondary N) is 2. The SMILES string of the molecule is COc1cccc(CC(=O)N2CC(OCC(=O)NCC(NS(=O)(=O)c3c(C)cc(C)cc3C)C(=O)O)CC2C(N)c2ccccn2)c1. The van der Waals surface area contributed by atoms with Gasteiger partial charge in [0.1, 0.15) is 18.4 Å². The van der Waals surface area contributed by atoms with Crippen molar-refractivity contribution in [1.82, 2.24) is 19.9 Å². The number of pyridine rings is 1. The topological polar surface area (TPSA) is 190 Å². The van der Waals surface area contributed by atoms with E-state index < -0.39 is 59.3 Å². The lowest BCUT2D eigenvalue weighted by Crippen LogP contribution is -2.49. The third-order valence-corrected chi connectivity index (χ3v) is 9.76. The summed E-state index contributed by atoms with van der Waals surface area (Å²) in [7, 11) is -2.66. The van der Waals surface area contributed by atoms with Gasteiger partial charge in [0.25, 0.3) is 0 Å². The van der Waals surface area contributed by atoms with Crippen LogP contribution in [0, 0.1) is 20.8 Å². The first-order valence-corrected chi connectivity index (χ1v) is 16.6. The maximum atomic E-state index is 13.5. The minimum atomic E-state index is -4.21. The van der Waals surface area contributed by atoms with E-state index in [0.29, 0.717) is 29.0 Å². The molecule has 4 atom stereocenters. The van der Waals surface area contributed by atoms with E-state index in [0.717, 1.165) is 11.1 Å². The van der Waals surface area contributed by atoms with Gasteiger partial charge in [0.2, 0.25) is 21.8 Å². The molecular weight excluding hydrogens is 626 g/mol. The van der Waals surface area contributed by atoms with Gasteiger partial charge in [-0.2, -0.15) is 4.72 Å². The number of carboxylic acid groups (broad SMARTS) is 1. The Morgan fingerprint density at radius 1 is 1.09 bits per heavy atom. The van der Waals surface area contributed by atoms with E-state index in [1.807, 2.05) is 19.1 Å². The Bertz CT molecular complexity index is 1680. The number of amides is 2. The molecule has 0 saturated carbocycles. The second-order valence-corrected chi connectivity index (χ2v) is 13.3. The molecule has 13 nitrogen and oxygen atoms in total. The molecule has 2 amide bonds. The zero-order valence-corrected chi connectivity index (χ0v) is 27.6. The highest BCUT2D eigenvalue weighted by Crippen LogP contribution is 2.30. The van der Waals surface area contributed by atoms with Crippen molar-refractivity contribution in [3.8, 4) is 5.75 Å². The third kappa shape index (κ3) is 9.13. The minimum Gasteiger partial charge on any atom is -0.497 e. The summed E-state index contributed by atoms with van der Waals surface area (Å²) in [5.41, 5.74) is 9.79. The molecule has 1 aliphatic heterocycles.